The second kappa shape index (κ2) is 6.61. The topological polar surface area (TPSA) is 18.5 Å². The molecule has 0 amide bonds. The third kappa shape index (κ3) is 3.28. The molecule has 2 saturated heterocycles. The molecule has 0 aromatic carbocycles. The van der Waals surface area contributed by atoms with Crippen LogP contribution in [0.1, 0.15) is 51.4 Å². The normalized spacial score (nSPS) is 30.1. The number of thiocarbonyl (C=S) groups is 1. The molecule has 0 aromatic rings. The molecule has 0 unspecified atom stereocenters. The maximum Gasteiger partial charge on any atom is 0.169 e. The molecule has 0 aromatic heterocycles. The summed E-state index contributed by atoms with van der Waals surface area (Å²) < 4.78 is 0. The molecule has 1 atom stereocenters. The zero-order valence-electron chi connectivity index (χ0n) is 12.8. The fraction of sp³-hybridized carbons (Fsp3) is 0.938. The fourth-order valence-corrected chi connectivity index (χ4v) is 4.68. The van der Waals surface area contributed by atoms with Crippen LogP contribution in [0.2, 0.25) is 0 Å². The van der Waals surface area contributed by atoms with Gasteiger partial charge in [-0.3, -0.25) is 0 Å². The minimum absolute atomic E-state index is 0.600. The standard InChI is InChI=1S/C16H29N3S/c1-18-11-8-14(9-12-18)17-16(20)19-10-4-7-15(19)13-5-2-3-6-13/h13-15H,2-12H2,1H3,(H,17,20)/t15-/m1/s1. The Kier molecular flexibility index (Phi) is 4.82. The van der Waals surface area contributed by atoms with E-state index in [9.17, 15) is 0 Å². The first-order chi connectivity index (χ1) is 9.74. The number of rotatable bonds is 2. The van der Waals surface area contributed by atoms with E-state index >= 15 is 0 Å². The number of hydrogen-bond acceptors (Lipinski definition) is 2. The minimum atomic E-state index is 0.600. The summed E-state index contributed by atoms with van der Waals surface area (Å²) in [4.78, 5) is 4.95. The molecule has 1 saturated carbocycles. The van der Waals surface area contributed by atoms with Crippen LogP contribution in [0.4, 0.5) is 0 Å². The molecule has 0 radical (unpaired) electrons. The first-order valence-electron chi connectivity index (χ1n) is 8.50. The summed E-state index contributed by atoms with van der Waals surface area (Å²) >= 11 is 5.74. The highest BCUT2D eigenvalue weighted by Gasteiger charge is 2.35. The van der Waals surface area contributed by atoms with E-state index in [1.54, 1.807) is 0 Å². The van der Waals surface area contributed by atoms with Crippen molar-refractivity contribution in [1.82, 2.24) is 15.1 Å². The quantitative estimate of drug-likeness (QED) is 0.789. The van der Waals surface area contributed by atoms with Crippen LogP contribution in [-0.2, 0) is 0 Å². The maximum absolute atomic E-state index is 5.74. The van der Waals surface area contributed by atoms with E-state index < -0.39 is 0 Å². The molecule has 3 fully saturated rings. The Labute approximate surface area is 129 Å². The van der Waals surface area contributed by atoms with Gasteiger partial charge in [-0.25, -0.2) is 0 Å². The summed E-state index contributed by atoms with van der Waals surface area (Å²) in [7, 11) is 2.21. The van der Waals surface area contributed by atoms with Gasteiger partial charge in [0.25, 0.3) is 0 Å². The van der Waals surface area contributed by atoms with Gasteiger partial charge in [0.05, 0.1) is 0 Å². The van der Waals surface area contributed by atoms with Crippen molar-refractivity contribution in [2.24, 2.45) is 5.92 Å². The highest BCUT2D eigenvalue weighted by molar-refractivity contribution is 7.80. The zero-order chi connectivity index (χ0) is 13.9. The van der Waals surface area contributed by atoms with E-state index in [2.05, 4.69) is 22.2 Å². The lowest BCUT2D eigenvalue weighted by Crippen LogP contribution is -2.50. The number of nitrogens with one attached hydrogen (secondary N) is 1. The van der Waals surface area contributed by atoms with Gasteiger partial charge in [-0.15, -0.1) is 0 Å². The molecular weight excluding hydrogens is 266 g/mol. The zero-order valence-corrected chi connectivity index (χ0v) is 13.6. The van der Waals surface area contributed by atoms with Crippen molar-refractivity contribution in [1.29, 1.82) is 0 Å². The first kappa shape index (κ1) is 14.6. The number of likely N-dealkylation sites (tertiary alicyclic amines) is 2. The third-order valence-corrected chi connectivity index (χ3v) is 5.90. The van der Waals surface area contributed by atoms with Crippen molar-refractivity contribution in [2.45, 2.75) is 63.5 Å². The van der Waals surface area contributed by atoms with Crippen molar-refractivity contribution < 1.29 is 0 Å². The van der Waals surface area contributed by atoms with Crippen molar-refractivity contribution in [2.75, 3.05) is 26.7 Å². The van der Waals surface area contributed by atoms with Gasteiger partial charge in [0.1, 0.15) is 0 Å². The molecule has 1 N–H and O–H groups in total. The van der Waals surface area contributed by atoms with E-state index in [4.69, 9.17) is 12.2 Å². The molecule has 0 spiro atoms. The van der Waals surface area contributed by atoms with Crippen LogP contribution in [-0.4, -0.2) is 53.7 Å². The second-order valence-corrected chi connectivity index (χ2v) is 7.36. The van der Waals surface area contributed by atoms with E-state index in [1.807, 2.05) is 0 Å². The predicted molar refractivity (Wildman–Crippen MR) is 87.9 cm³/mol. The van der Waals surface area contributed by atoms with Crippen molar-refractivity contribution in [3.8, 4) is 0 Å². The molecule has 114 valence electrons. The lowest BCUT2D eigenvalue weighted by atomic mass is 9.96. The third-order valence-electron chi connectivity index (χ3n) is 5.55. The predicted octanol–water partition coefficient (Wildman–Crippen LogP) is 2.61. The summed E-state index contributed by atoms with van der Waals surface area (Å²) in [6.45, 7) is 3.58. The largest absolute Gasteiger partial charge is 0.360 e. The van der Waals surface area contributed by atoms with Gasteiger partial charge >= 0.3 is 0 Å². The van der Waals surface area contributed by atoms with Gasteiger partial charge in [-0.1, -0.05) is 12.8 Å². The SMILES string of the molecule is CN1CCC(NC(=S)N2CCC[C@@H]2C2CCCC2)CC1. The Bertz CT molecular complexity index is 333. The molecule has 1 aliphatic carbocycles. The van der Waals surface area contributed by atoms with E-state index in [0.717, 1.165) is 17.1 Å². The van der Waals surface area contributed by atoms with Gasteiger partial charge in [-0.2, -0.15) is 0 Å². The first-order valence-corrected chi connectivity index (χ1v) is 8.90. The minimum Gasteiger partial charge on any atom is -0.360 e. The Balaban J connectivity index is 1.53. The molecule has 2 heterocycles. The van der Waals surface area contributed by atoms with Crippen LogP contribution in [0.3, 0.4) is 0 Å². The lowest BCUT2D eigenvalue weighted by Gasteiger charge is -2.36. The molecule has 3 nitrogen and oxygen atoms in total. The summed E-state index contributed by atoms with van der Waals surface area (Å²) in [5, 5.41) is 4.72. The van der Waals surface area contributed by atoms with E-state index in [-0.39, 0.29) is 0 Å². The number of nitrogens with zero attached hydrogens (tertiary/aromatic N) is 2. The van der Waals surface area contributed by atoms with Crippen LogP contribution in [0.15, 0.2) is 0 Å². The Morgan fingerprint density at radius 1 is 0.950 bits per heavy atom. The van der Waals surface area contributed by atoms with Crippen molar-refractivity contribution in [3.63, 3.8) is 0 Å². The van der Waals surface area contributed by atoms with E-state index in [1.165, 1.54) is 71.0 Å². The van der Waals surface area contributed by atoms with Crippen LogP contribution in [0.25, 0.3) is 0 Å². The molecule has 4 heteroatoms. The van der Waals surface area contributed by atoms with Crippen LogP contribution < -0.4 is 5.32 Å². The van der Waals surface area contributed by atoms with Crippen LogP contribution in [0.5, 0.6) is 0 Å². The summed E-state index contributed by atoms with van der Waals surface area (Å²) in [6.07, 6.45) is 10.9. The summed E-state index contributed by atoms with van der Waals surface area (Å²) in [5.41, 5.74) is 0. The Hall–Kier alpha value is -0.350. The average Bonchev–Trinajstić information content (AvgIpc) is 3.11. The Morgan fingerprint density at radius 2 is 1.65 bits per heavy atom. The molecule has 3 aliphatic rings. The van der Waals surface area contributed by atoms with Crippen LogP contribution in [0, 0.1) is 5.92 Å². The monoisotopic (exact) mass is 295 g/mol. The number of piperidine rings is 1. The highest BCUT2D eigenvalue weighted by Crippen LogP contribution is 2.35. The van der Waals surface area contributed by atoms with Gasteiger partial charge in [0.2, 0.25) is 0 Å². The molecule has 3 rings (SSSR count). The van der Waals surface area contributed by atoms with Crippen molar-refractivity contribution >= 4 is 17.3 Å². The van der Waals surface area contributed by atoms with E-state index in [0.29, 0.717) is 6.04 Å². The van der Waals surface area contributed by atoms with Gasteiger partial charge in [0.15, 0.2) is 5.11 Å². The van der Waals surface area contributed by atoms with Gasteiger partial charge in [-0.05, 0) is 76.8 Å². The maximum atomic E-state index is 5.74. The lowest BCUT2D eigenvalue weighted by molar-refractivity contribution is 0.236. The number of hydrogen-bond donors (Lipinski definition) is 1. The summed E-state index contributed by atoms with van der Waals surface area (Å²) in [6, 6.07) is 1.34. The highest BCUT2D eigenvalue weighted by atomic mass is 32.1. The van der Waals surface area contributed by atoms with Gasteiger partial charge in [0, 0.05) is 18.6 Å². The summed E-state index contributed by atoms with van der Waals surface area (Å²) in [5.74, 6) is 0.912. The molecule has 2 aliphatic heterocycles. The molecule has 20 heavy (non-hydrogen) atoms. The van der Waals surface area contributed by atoms with Crippen molar-refractivity contribution in [3.05, 3.63) is 0 Å². The van der Waals surface area contributed by atoms with Gasteiger partial charge < -0.3 is 15.1 Å². The fourth-order valence-electron chi connectivity index (χ4n) is 4.29. The van der Waals surface area contributed by atoms with Crippen LogP contribution >= 0.6 is 12.2 Å². The smallest absolute Gasteiger partial charge is 0.169 e. The molecule has 0 bridgehead atoms. The molecular formula is C16H29N3S. The second-order valence-electron chi connectivity index (χ2n) is 6.97. The average molecular weight is 295 g/mol. The Morgan fingerprint density at radius 3 is 2.35 bits per heavy atom.